The van der Waals surface area contributed by atoms with E-state index in [1.54, 1.807) is 0 Å². The Hall–Kier alpha value is -0.600. The number of alkyl halides is 6. The minimum Gasteiger partial charge on any atom is -0.299 e. The molecule has 1 unspecified atom stereocenters. The summed E-state index contributed by atoms with van der Waals surface area (Å²) in [5, 5.41) is 0. The normalized spacial score (nSPS) is 15.4. The van der Waals surface area contributed by atoms with E-state index in [0.29, 0.717) is 0 Å². The van der Waals surface area contributed by atoms with Crippen molar-refractivity contribution in [1.29, 1.82) is 0 Å². The quantitative estimate of drug-likeness (QED) is 0.557. The number of carbonyl (C=O) groups is 1. The Labute approximate surface area is 104 Å². The van der Waals surface area contributed by atoms with Gasteiger partial charge < -0.3 is 0 Å². The summed E-state index contributed by atoms with van der Waals surface area (Å²) in [4.78, 5) is 10.9. The Morgan fingerprint density at radius 3 is 1.58 bits per heavy atom. The number of Topliss-reactive ketones (excluding diaryl/α,β-unsaturated/α-hetero) is 1. The second-order valence-electron chi connectivity index (χ2n) is 3.60. The first-order chi connectivity index (χ1) is 8.27. The number of halogens is 6. The molecule has 0 aromatic heterocycles. The predicted octanol–water partition coefficient (Wildman–Crippen LogP) is 3.31. The molecule has 0 saturated carbocycles. The zero-order valence-electron chi connectivity index (χ0n) is 9.84. The topological polar surface area (TPSA) is 52.6 Å². The molecule has 0 aliphatic rings. The Bertz CT molecular complexity index is 341. The van der Waals surface area contributed by atoms with Crippen LogP contribution in [0.4, 0.5) is 26.3 Å². The van der Waals surface area contributed by atoms with Crippen molar-refractivity contribution < 1.29 is 44.7 Å². The van der Waals surface area contributed by atoms with Crippen molar-refractivity contribution in [1.82, 2.24) is 0 Å². The summed E-state index contributed by atoms with van der Waals surface area (Å²) >= 11 is 0. The highest BCUT2D eigenvalue weighted by Crippen LogP contribution is 2.54. The van der Waals surface area contributed by atoms with Gasteiger partial charge >= 0.3 is 19.9 Å². The zero-order chi connectivity index (χ0) is 15.5. The number of hydrogen-bond donors (Lipinski definition) is 0. The van der Waals surface area contributed by atoms with Crippen molar-refractivity contribution in [3.8, 4) is 0 Å². The lowest BCUT2D eigenvalue weighted by Crippen LogP contribution is -2.25. The van der Waals surface area contributed by atoms with E-state index in [-0.39, 0.29) is 0 Å². The Balaban J connectivity index is 4.93. The Kier molecular flexibility index (Phi) is 6.04. The molecule has 0 rings (SSSR count). The number of ketones is 1. The van der Waals surface area contributed by atoms with Crippen LogP contribution in [0.2, 0.25) is 0 Å². The number of carbonyl (C=O) groups excluding carboxylic acids is 1. The lowest BCUT2D eigenvalue weighted by molar-refractivity contribution is -0.166. The standard InChI is InChI=1S/C8H11F6O4P/c1-5(15)6(2)19(16,17-3-7(9,10)11)18-4-8(12,13)14/h6H,3-4H2,1-2H3. The van der Waals surface area contributed by atoms with Crippen LogP contribution in [-0.4, -0.2) is 37.0 Å². The van der Waals surface area contributed by atoms with E-state index in [2.05, 4.69) is 9.05 Å². The first-order valence-corrected chi connectivity index (χ1v) is 6.41. The predicted molar refractivity (Wildman–Crippen MR) is 51.8 cm³/mol. The molecule has 0 radical (unpaired) electrons. The van der Waals surface area contributed by atoms with Crippen LogP contribution in [-0.2, 0) is 18.4 Å². The molecule has 0 N–H and O–H groups in total. The Morgan fingerprint density at radius 1 is 1.05 bits per heavy atom. The smallest absolute Gasteiger partial charge is 0.299 e. The van der Waals surface area contributed by atoms with Crippen LogP contribution in [0.5, 0.6) is 0 Å². The van der Waals surface area contributed by atoms with Gasteiger partial charge in [-0.15, -0.1) is 0 Å². The first-order valence-electron chi connectivity index (χ1n) is 4.79. The first kappa shape index (κ1) is 18.4. The van der Waals surface area contributed by atoms with Crippen LogP contribution in [0, 0.1) is 0 Å². The van der Waals surface area contributed by atoms with Crippen LogP contribution < -0.4 is 0 Å². The lowest BCUT2D eigenvalue weighted by Gasteiger charge is -2.23. The average molecular weight is 316 g/mol. The van der Waals surface area contributed by atoms with Crippen LogP contribution in [0.1, 0.15) is 13.8 Å². The van der Waals surface area contributed by atoms with E-state index < -0.39 is 44.6 Å². The van der Waals surface area contributed by atoms with Crippen molar-refractivity contribution >= 4 is 13.4 Å². The van der Waals surface area contributed by atoms with Gasteiger partial charge in [0.2, 0.25) is 0 Å². The SMILES string of the molecule is CC(=O)C(C)P(=O)(OCC(F)(F)F)OCC(F)(F)F. The summed E-state index contributed by atoms with van der Waals surface area (Å²) in [7, 11) is -4.85. The zero-order valence-corrected chi connectivity index (χ0v) is 10.7. The molecule has 11 heteroatoms. The molecule has 0 fully saturated rings. The molecule has 0 aliphatic carbocycles. The molecule has 0 aromatic rings. The van der Waals surface area contributed by atoms with Crippen molar-refractivity contribution in [3.63, 3.8) is 0 Å². The number of rotatable bonds is 6. The molecule has 0 aliphatic heterocycles. The van der Waals surface area contributed by atoms with Crippen molar-refractivity contribution in [2.45, 2.75) is 31.9 Å². The van der Waals surface area contributed by atoms with Crippen LogP contribution in [0.25, 0.3) is 0 Å². The molecule has 19 heavy (non-hydrogen) atoms. The lowest BCUT2D eigenvalue weighted by atomic mass is 10.3. The Morgan fingerprint density at radius 2 is 1.37 bits per heavy atom. The second kappa shape index (κ2) is 6.23. The maximum absolute atomic E-state index is 11.9. The van der Waals surface area contributed by atoms with Crippen LogP contribution in [0.3, 0.4) is 0 Å². The van der Waals surface area contributed by atoms with Crippen molar-refractivity contribution in [2.24, 2.45) is 0 Å². The highest BCUT2D eigenvalue weighted by atomic mass is 31.2. The molecule has 0 saturated heterocycles. The maximum atomic E-state index is 11.9. The molecule has 4 nitrogen and oxygen atoms in total. The third kappa shape index (κ3) is 7.54. The largest absolute Gasteiger partial charge is 0.412 e. The fraction of sp³-hybridized carbons (Fsp3) is 0.875. The molecule has 0 amide bonds. The van der Waals surface area contributed by atoms with Crippen LogP contribution in [0.15, 0.2) is 0 Å². The summed E-state index contributed by atoms with van der Waals surface area (Å²) in [6.45, 7) is -2.42. The molecule has 0 heterocycles. The summed E-state index contributed by atoms with van der Waals surface area (Å²) in [6.07, 6.45) is -9.82. The van der Waals surface area contributed by atoms with E-state index >= 15 is 0 Å². The molecule has 114 valence electrons. The van der Waals surface area contributed by atoms with E-state index in [9.17, 15) is 35.7 Å². The van der Waals surface area contributed by atoms with Gasteiger partial charge in [-0.3, -0.25) is 18.4 Å². The summed E-state index contributed by atoms with van der Waals surface area (Å²) < 4.78 is 91.1. The monoisotopic (exact) mass is 316 g/mol. The summed E-state index contributed by atoms with van der Waals surface area (Å²) in [5.41, 5.74) is -1.72. The van der Waals surface area contributed by atoms with Gasteiger partial charge in [0.1, 0.15) is 11.4 Å². The summed E-state index contributed by atoms with van der Waals surface area (Å²) in [6, 6.07) is 0. The molecule has 1 atom stereocenters. The second-order valence-corrected chi connectivity index (χ2v) is 5.97. The van der Waals surface area contributed by atoms with E-state index in [4.69, 9.17) is 0 Å². The maximum Gasteiger partial charge on any atom is 0.412 e. The van der Waals surface area contributed by atoms with Gasteiger partial charge in [-0.1, -0.05) is 0 Å². The molecule has 0 bridgehead atoms. The van der Waals surface area contributed by atoms with Gasteiger partial charge in [0.15, 0.2) is 13.2 Å². The third-order valence-corrected chi connectivity index (χ3v) is 4.17. The van der Waals surface area contributed by atoms with Gasteiger partial charge in [-0.05, 0) is 13.8 Å². The van der Waals surface area contributed by atoms with Crippen molar-refractivity contribution in [2.75, 3.05) is 13.2 Å². The van der Waals surface area contributed by atoms with E-state index in [1.165, 1.54) is 0 Å². The van der Waals surface area contributed by atoms with Gasteiger partial charge in [0, 0.05) is 0 Å². The van der Waals surface area contributed by atoms with E-state index in [0.717, 1.165) is 13.8 Å². The van der Waals surface area contributed by atoms with Crippen LogP contribution >= 0.6 is 7.60 Å². The van der Waals surface area contributed by atoms with Gasteiger partial charge in [-0.25, -0.2) is 0 Å². The molecular formula is C8H11F6O4P. The van der Waals surface area contributed by atoms with Gasteiger partial charge in [0.25, 0.3) is 0 Å². The number of hydrogen-bond acceptors (Lipinski definition) is 4. The molecular weight excluding hydrogens is 305 g/mol. The highest BCUT2D eigenvalue weighted by molar-refractivity contribution is 7.55. The highest BCUT2D eigenvalue weighted by Gasteiger charge is 2.43. The van der Waals surface area contributed by atoms with Crippen molar-refractivity contribution in [3.05, 3.63) is 0 Å². The minimum atomic E-state index is -4.91. The minimum absolute atomic E-state index is 0.852. The summed E-state index contributed by atoms with van der Waals surface area (Å²) in [5.74, 6) is -0.910. The third-order valence-electron chi connectivity index (χ3n) is 1.88. The average Bonchev–Trinajstić information content (AvgIpc) is 2.20. The van der Waals surface area contributed by atoms with Gasteiger partial charge in [0.05, 0.1) is 0 Å². The van der Waals surface area contributed by atoms with E-state index in [1.807, 2.05) is 0 Å². The molecule has 0 spiro atoms. The van der Waals surface area contributed by atoms with Gasteiger partial charge in [-0.2, -0.15) is 26.3 Å². The fourth-order valence-corrected chi connectivity index (χ4v) is 2.43. The molecule has 0 aromatic carbocycles. The fourth-order valence-electron chi connectivity index (χ4n) is 0.810.